The van der Waals surface area contributed by atoms with Crippen LogP contribution >= 0.6 is 0 Å². The highest BCUT2D eigenvalue weighted by molar-refractivity contribution is 5.79. The van der Waals surface area contributed by atoms with Crippen LogP contribution in [0, 0.1) is 13.8 Å². The molecule has 1 spiro atoms. The zero-order valence-corrected chi connectivity index (χ0v) is 15.1. The number of carbonyl (C=O) groups is 1. The molecule has 0 aromatic carbocycles. The zero-order valence-electron chi connectivity index (χ0n) is 15.1. The third-order valence-corrected chi connectivity index (χ3v) is 5.80. The molecule has 1 atom stereocenters. The van der Waals surface area contributed by atoms with Gasteiger partial charge in [0.05, 0.1) is 18.8 Å². The van der Waals surface area contributed by atoms with Crippen molar-refractivity contribution in [3.05, 3.63) is 17.0 Å². The summed E-state index contributed by atoms with van der Waals surface area (Å²) in [7, 11) is 1.75. The van der Waals surface area contributed by atoms with Crippen molar-refractivity contribution >= 4 is 5.91 Å². The van der Waals surface area contributed by atoms with Crippen LogP contribution in [0.2, 0.25) is 0 Å². The SMILES string of the molecule is COCCN1CCCC2(CCC(=O)N2Cc2c(C)noc2C)CC1. The smallest absolute Gasteiger partial charge is 0.223 e. The number of hydrogen-bond acceptors (Lipinski definition) is 5. The Morgan fingerprint density at radius 2 is 2.08 bits per heavy atom. The average molecular weight is 335 g/mol. The monoisotopic (exact) mass is 335 g/mol. The molecule has 2 aliphatic rings. The van der Waals surface area contributed by atoms with Gasteiger partial charge >= 0.3 is 0 Å². The Morgan fingerprint density at radius 3 is 2.79 bits per heavy atom. The number of nitrogens with zero attached hydrogens (tertiary/aromatic N) is 3. The summed E-state index contributed by atoms with van der Waals surface area (Å²) in [5, 5.41) is 4.05. The largest absolute Gasteiger partial charge is 0.383 e. The molecular formula is C18H29N3O3. The first kappa shape index (κ1) is 17.4. The Labute approximate surface area is 144 Å². The number of ether oxygens (including phenoxy) is 1. The van der Waals surface area contributed by atoms with E-state index in [-0.39, 0.29) is 11.4 Å². The van der Waals surface area contributed by atoms with E-state index in [9.17, 15) is 4.79 Å². The molecule has 0 N–H and O–H groups in total. The number of likely N-dealkylation sites (tertiary alicyclic amines) is 2. The summed E-state index contributed by atoms with van der Waals surface area (Å²) >= 11 is 0. The van der Waals surface area contributed by atoms with Crippen molar-refractivity contribution in [2.24, 2.45) is 0 Å². The summed E-state index contributed by atoms with van der Waals surface area (Å²) in [5.41, 5.74) is 1.98. The van der Waals surface area contributed by atoms with Gasteiger partial charge in [-0.1, -0.05) is 5.16 Å². The molecule has 3 rings (SSSR count). The molecule has 0 saturated carbocycles. The first-order valence-electron chi connectivity index (χ1n) is 8.99. The minimum absolute atomic E-state index is 0.00898. The van der Waals surface area contributed by atoms with Crippen LogP contribution in [0.4, 0.5) is 0 Å². The lowest BCUT2D eigenvalue weighted by Crippen LogP contribution is -2.46. The van der Waals surface area contributed by atoms with E-state index in [0.717, 1.165) is 68.9 Å². The van der Waals surface area contributed by atoms with Crippen LogP contribution in [-0.4, -0.2) is 59.8 Å². The van der Waals surface area contributed by atoms with E-state index in [2.05, 4.69) is 15.0 Å². The van der Waals surface area contributed by atoms with Crippen molar-refractivity contribution < 1.29 is 14.1 Å². The fourth-order valence-corrected chi connectivity index (χ4v) is 4.21. The second-order valence-electron chi connectivity index (χ2n) is 7.19. The molecular weight excluding hydrogens is 306 g/mol. The van der Waals surface area contributed by atoms with Crippen molar-refractivity contribution in [2.75, 3.05) is 33.4 Å². The van der Waals surface area contributed by atoms with E-state index in [4.69, 9.17) is 9.26 Å². The summed E-state index contributed by atoms with van der Waals surface area (Å²) in [6.45, 7) is 8.41. The van der Waals surface area contributed by atoms with E-state index >= 15 is 0 Å². The number of amides is 1. The van der Waals surface area contributed by atoms with Crippen molar-refractivity contribution in [3.8, 4) is 0 Å². The van der Waals surface area contributed by atoms with Crippen molar-refractivity contribution in [3.63, 3.8) is 0 Å². The molecule has 6 nitrogen and oxygen atoms in total. The predicted octanol–water partition coefficient (Wildman–Crippen LogP) is 2.28. The topological polar surface area (TPSA) is 58.8 Å². The Hall–Kier alpha value is -1.40. The fourth-order valence-electron chi connectivity index (χ4n) is 4.21. The lowest BCUT2D eigenvalue weighted by atomic mass is 9.87. The van der Waals surface area contributed by atoms with Gasteiger partial charge in [0.25, 0.3) is 0 Å². The van der Waals surface area contributed by atoms with Crippen molar-refractivity contribution in [1.82, 2.24) is 15.0 Å². The average Bonchev–Trinajstić information content (AvgIpc) is 2.95. The Balaban J connectivity index is 1.74. The summed E-state index contributed by atoms with van der Waals surface area (Å²) in [4.78, 5) is 17.2. The number of rotatable bonds is 5. The van der Waals surface area contributed by atoms with E-state index in [1.807, 2.05) is 13.8 Å². The van der Waals surface area contributed by atoms with Gasteiger partial charge in [0, 0.05) is 37.7 Å². The van der Waals surface area contributed by atoms with E-state index < -0.39 is 0 Å². The normalized spacial score (nSPS) is 25.6. The molecule has 6 heteroatoms. The van der Waals surface area contributed by atoms with E-state index in [0.29, 0.717) is 13.0 Å². The minimum Gasteiger partial charge on any atom is -0.383 e. The quantitative estimate of drug-likeness (QED) is 0.826. The molecule has 134 valence electrons. The standard InChI is InChI=1S/C18H29N3O3/c1-14-16(15(2)24-19-14)13-21-17(22)5-7-18(21)6-4-9-20(10-8-18)11-12-23-3/h4-13H2,1-3H3. The van der Waals surface area contributed by atoms with Crippen molar-refractivity contribution in [1.29, 1.82) is 0 Å². The Kier molecular flexibility index (Phi) is 5.25. The molecule has 2 fully saturated rings. The van der Waals surface area contributed by atoms with Gasteiger partial charge in [0.15, 0.2) is 0 Å². The molecule has 24 heavy (non-hydrogen) atoms. The van der Waals surface area contributed by atoms with Crippen LogP contribution in [0.1, 0.15) is 49.1 Å². The summed E-state index contributed by atoms with van der Waals surface area (Å²) in [6.07, 6.45) is 4.92. The first-order valence-corrected chi connectivity index (χ1v) is 8.99. The third kappa shape index (κ3) is 3.35. The second-order valence-corrected chi connectivity index (χ2v) is 7.19. The molecule has 0 aliphatic carbocycles. The van der Waals surface area contributed by atoms with Crippen LogP contribution < -0.4 is 0 Å². The van der Waals surface area contributed by atoms with Gasteiger partial charge in [-0.25, -0.2) is 0 Å². The zero-order chi connectivity index (χ0) is 17.2. The van der Waals surface area contributed by atoms with Gasteiger partial charge in [0.1, 0.15) is 5.76 Å². The molecule has 3 heterocycles. The second kappa shape index (κ2) is 7.23. The van der Waals surface area contributed by atoms with E-state index in [1.165, 1.54) is 0 Å². The molecule has 1 aromatic rings. The number of carbonyl (C=O) groups excluding carboxylic acids is 1. The fraction of sp³-hybridized carbons (Fsp3) is 0.778. The molecule has 0 bridgehead atoms. The summed E-state index contributed by atoms with van der Waals surface area (Å²) in [5.74, 6) is 1.11. The van der Waals surface area contributed by atoms with Crippen LogP contribution in [0.15, 0.2) is 4.52 Å². The maximum absolute atomic E-state index is 12.6. The highest BCUT2D eigenvalue weighted by Gasteiger charge is 2.45. The lowest BCUT2D eigenvalue weighted by molar-refractivity contribution is -0.132. The number of aryl methyl sites for hydroxylation is 2. The van der Waals surface area contributed by atoms with Gasteiger partial charge < -0.3 is 19.1 Å². The molecule has 0 radical (unpaired) electrons. The predicted molar refractivity (Wildman–Crippen MR) is 90.7 cm³/mol. The Bertz CT molecular complexity index is 567. The molecule has 1 amide bonds. The maximum atomic E-state index is 12.6. The van der Waals surface area contributed by atoms with Crippen LogP contribution in [0.5, 0.6) is 0 Å². The molecule has 2 saturated heterocycles. The number of methoxy groups -OCH3 is 1. The van der Waals surface area contributed by atoms with E-state index in [1.54, 1.807) is 7.11 Å². The lowest BCUT2D eigenvalue weighted by Gasteiger charge is -2.38. The Morgan fingerprint density at radius 1 is 1.25 bits per heavy atom. The summed E-state index contributed by atoms with van der Waals surface area (Å²) in [6, 6.07) is 0. The minimum atomic E-state index is 0.00898. The van der Waals surface area contributed by atoms with Crippen molar-refractivity contribution in [2.45, 2.75) is 58.0 Å². The molecule has 1 aromatic heterocycles. The molecule has 2 aliphatic heterocycles. The van der Waals surface area contributed by atoms with Crippen LogP contribution in [0.25, 0.3) is 0 Å². The van der Waals surface area contributed by atoms with Gasteiger partial charge in [-0.05, 0) is 46.1 Å². The third-order valence-electron chi connectivity index (χ3n) is 5.80. The van der Waals surface area contributed by atoms with Crippen LogP contribution in [0.3, 0.4) is 0 Å². The maximum Gasteiger partial charge on any atom is 0.223 e. The highest BCUT2D eigenvalue weighted by Crippen LogP contribution is 2.40. The first-order chi connectivity index (χ1) is 11.6. The van der Waals surface area contributed by atoms with Gasteiger partial charge in [-0.3, -0.25) is 4.79 Å². The van der Waals surface area contributed by atoms with Gasteiger partial charge in [0.2, 0.25) is 5.91 Å². The summed E-state index contributed by atoms with van der Waals surface area (Å²) < 4.78 is 10.5. The highest BCUT2D eigenvalue weighted by atomic mass is 16.5. The van der Waals surface area contributed by atoms with Crippen LogP contribution in [-0.2, 0) is 16.1 Å². The van der Waals surface area contributed by atoms with Gasteiger partial charge in [-0.15, -0.1) is 0 Å². The number of aromatic nitrogens is 1. The molecule has 1 unspecified atom stereocenters. The van der Waals surface area contributed by atoms with Gasteiger partial charge in [-0.2, -0.15) is 0 Å². The number of hydrogen-bond donors (Lipinski definition) is 0.